The molecule has 0 aliphatic carbocycles. The van der Waals surface area contributed by atoms with Gasteiger partial charge in [0.15, 0.2) is 11.2 Å². The van der Waals surface area contributed by atoms with Crippen LogP contribution in [0, 0.1) is 0 Å². The molecule has 0 saturated heterocycles. The summed E-state index contributed by atoms with van der Waals surface area (Å²) in [5, 5.41) is 8.66. The van der Waals surface area contributed by atoms with Gasteiger partial charge in [0.1, 0.15) is 0 Å². The second kappa shape index (κ2) is 11.5. The third kappa shape index (κ3) is 6.95. The summed E-state index contributed by atoms with van der Waals surface area (Å²) in [6.45, 7) is 1.67. The number of nitrogen functional groups attached to an aromatic ring is 1. The predicted octanol–water partition coefficient (Wildman–Crippen LogP) is -1.00. The number of aromatic nitrogens is 4. The van der Waals surface area contributed by atoms with Gasteiger partial charge in [-0.3, -0.25) is 30.6 Å². The molecule has 13 heteroatoms. The first-order chi connectivity index (χ1) is 16.0. The monoisotopic (exact) mass is 454 g/mol. The summed E-state index contributed by atoms with van der Waals surface area (Å²) < 4.78 is 0. The minimum atomic E-state index is -0.452. The molecule has 174 valence electrons. The van der Waals surface area contributed by atoms with Gasteiger partial charge in [0.05, 0.1) is 18.4 Å². The molecule has 1 aromatic carbocycles. The zero-order chi connectivity index (χ0) is 23.6. The lowest BCUT2D eigenvalue weighted by atomic mass is 10.2. The van der Waals surface area contributed by atoms with Crippen LogP contribution in [0.1, 0.15) is 28.9 Å². The van der Waals surface area contributed by atoms with Gasteiger partial charge >= 0.3 is 0 Å². The van der Waals surface area contributed by atoms with Crippen molar-refractivity contribution in [2.75, 3.05) is 30.7 Å². The second-order valence-corrected chi connectivity index (χ2v) is 7.08. The van der Waals surface area contributed by atoms with Gasteiger partial charge in [-0.1, -0.05) is 0 Å². The fraction of sp³-hybridized carbons (Fsp3) is 0.300. The van der Waals surface area contributed by atoms with E-state index in [0.29, 0.717) is 50.3 Å². The van der Waals surface area contributed by atoms with Crippen LogP contribution in [0.2, 0.25) is 0 Å². The highest BCUT2D eigenvalue weighted by Crippen LogP contribution is 2.11. The van der Waals surface area contributed by atoms with Gasteiger partial charge in [-0.2, -0.15) is 4.98 Å². The van der Waals surface area contributed by atoms with Crippen molar-refractivity contribution >= 4 is 34.6 Å². The predicted molar refractivity (Wildman–Crippen MR) is 123 cm³/mol. The number of carbonyl (C=O) groups is 2. The third-order valence-electron chi connectivity index (χ3n) is 4.56. The Kier molecular flexibility index (Phi) is 8.21. The van der Waals surface area contributed by atoms with Gasteiger partial charge in [0.2, 0.25) is 11.9 Å². The van der Waals surface area contributed by atoms with Gasteiger partial charge in [-0.15, -0.1) is 0 Å². The van der Waals surface area contributed by atoms with E-state index < -0.39 is 5.56 Å². The molecule has 0 saturated carbocycles. The van der Waals surface area contributed by atoms with Crippen molar-refractivity contribution in [1.29, 1.82) is 0 Å². The number of hydrogen-bond acceptors (Lipinski definition) is 10. The van der Waals surface area contributed by atoms with Crippen LogP contribution in [0.3, 0.4) is 0 Å². The summed E-state index contributed by atoms with van der Waals surface area (Å²) in [4.78, 5) is 50.5. The maximum absolute atomic E-state index is 12.3. The molecule has 13 nitrogen and oxygen atoms in total. The lowest BCUT2D eigenvalue weighted by Gasteiger charge is -2.09. The molecule has 2 aromatic heterocycles. The fourth-order valence-corrected chi connectivity index (χ4v) is 2.90. The molecular formula is C20H26N10O3. The Hall–Kier alpha value is -4.10. The average molecular weight is 454 g/mol. The van der Waals surface area contributed by atoms with Crippen LogP contribution in [0.15, 0.2) is 35.3 Å². The molecule has 2 heterocycles. The Bertz CT molecular complexity index is 1160. The third-order valence-corrected chi connectivity index (χ3v) is 4.56. The number of benzene rings is 1. The minimum Gasteiger partial charge on any atom is -0.379 e. The number of anilines is 2. The largest absolute Gasteiger partial charge is 0.379 e. The van der Waals surface area contributed by atoms with E-state index in [4.69, 9.17) is 11.6 Å². The summed E-state index contributed by atoms with van der Waals surface area (Å²) in [5.74, 6) is 4.81. The summed E-state index contributed by atoms with van der Waals surface area (Å²) >= 11 is 0. The minimum absolute atomic E-state index is 0.0154. The number of rotatable bonds is 11. The first kappa shape index (κ1) is 23.6. The second-order valence-electron chi connectivity index (χ2n) is 7.08. The van der Waals surface area contributed by atoms with E-state index in [0.717, 1.165) is 5.69 Å². The van der Waals surface area contributed by atoms with E-state index in [-0.39, 0.29) is 28.9 Å². The molecule has 0 aliphatic rings. The molecule has 33 heavy (non-hydrogen) atoms. The highest BCUT2D eigenvalue weighted by atomic mass is 16.2. The van der Waals surface area contributed by atoms with Crippen LogP contribution < -0.4 is 38.5 Å². The van der Waals surface area contributed by atoms with Crippen LogP contribution in [-0.4, -0.2) is 51.4 Å². The van der Waals surface area contributed by atoms with Crippen LogP contribution in [-0.2, 0) is 11.3 Å². The SMILES string of the molecule is NNCCNC(=O)CCCNC(=O)c1ccc(NCc2cnc3nc(N)[nH]c(=O)c3n2)cc1. The van der Waals surface area contributed by atoms with Gasteiger partial charge < -0.3 is 21.7 Å². The number of nitrogens with zero attached hydrogens (tertiary/aromatic N) is 3. The van der Waals surface area contributed by atoms with E-state index in [9.17, 15) is 14.4 Å². The van der Waals surface area contributed by atoms with E-state index in [1.165, 1.54) is 6.20 Å². The smallest absolute Gasteiger partial charge is 0.280 e. The topological polar surface area (TPSA) is 206 Å². The average Bonchev–Trinajstić information content (AvgIpc) is 2.81. The van der Waals surface area contributed by atoms with E-state index in [1.807, 2.05) is 0 Å². The van der Waals surface area contributed by atoms with Crippen molar-refractivity contribution in [3.63, 3.8) is 0 Å². The normalized spacial score (nSPS) is 10.7. The number of aromatic amines is 1. The first-order valence-corrected chi connectivity index (χ1v) is 10.3. The number of nitrogens with one attached hydrogen (secondary N) is 5. The first-order valence-electron chi connectivity index (χ1n) is 10.3. The molecule has 0 spiro atoms. The zero-order valence-corrected chi connectivity index (χ0v) is 17.9. The Morgan fingerprint density at radius 2 is 1.82 bits per heavy atom. The van der Waals surface area contributed by atoms with Crippen molar-refractivity contribution in [2.45, 2.75) is 19.4 Å². The standard InChI is InChI=1S/C20H26N10O3/c21-20-29-17-16(19(33)30-20)28-14(11-26-17)10-25-13-5-3-12(4-6-13)18(32)24-7-1-2-15(31)23-8-9-27-22/h3-6,11,25,27H,1-2,7-10,22H2,(H,23,31)(H,24,32)(H3,21,26,29,30,33). The number of nitrogens with two attached hydrogens (primary N) is 2. The lowest BCUT2D eigenvalue weighted by Crippen LogP contribution is -2.35. The van der Waals surface area contributed by atoms with Crippen LogP contribution in [0.25, 0.3) is 11.2 Å². The van der Waals surface area contributed by atoms with Crippen molar-refractivity contribution in [3.8, 4) is 0 Å². The molecule has 3 rings (SSSR count). The van der Waals surface area contributed by atoms with Crippen molar-refractivity contribution in [2.24, 2.45) is 5.84 Å². The maximum atomic E-state index is 12.3. The highest BCUT2D eigenvalue weighted by Gasteiger charge is 2.08. The van der Waals surface area contributed by atoms with Crippen molar-refractivity contribution < 1.29 is 9.59 Å². The Morgan fingerprint density at radius 3 is 2.58 bits per heavy atom. The van der Waals surface area contributed by atoms with Gasteiger partial charge in [-0.25, -0.2) is 9.97 Å². The molecule has 0 unspecified atom stereocenters. The number of H-pyrrole nitrogens is 1. The highest BCUT2D eigenvalue weighted by molar-refractivity contribution is 5.94. The Morgan fingerprint density at radius 1 is 1.03 bits per heavy atom. The number of hydrogen-bond donors (Lipinski definition) is 7. The number of fused-ring (bicyclic) bond motifs is 1. The van der Waals surface area contributed by atoms with Gasteiger partial charge in [-0.05, 0) is 30.7 Å². The lowest BCUT2D eigenvalue weighted by molar-refractivity contribution is -0.121. The number of amides is 2. The molecule has 0 atom stereocenters. The summed E-state index contributed by atoms with van der Waals surface area (Å²) in [7, 11) is 0. The summed E-state index contributed by atoms with van der Waals surface area (Å²) in [6.07, 6.45) is 2.37. The van der Waals surface area contributed by atoms with Crippen LogP contribution in [0.4, 0.5) is 11.6 Å². The van der Waals surface area contributed by atoms with Crippen LogP contribution in [0.5, 0.6) is 0 Å². The zero-order valence-electron chi connectivity index (χ0n) is 17.9. The quantitative estimate of drug-likeness (QED) is 0.107. The molecule has 3 aromatic rings. The maximum Gasteiger partial charge on any atom is 0.280 e. The fourth-order valence-electron chi connectivity index (χ4n) is 2.90. The van der Waals surface area contributed by atoms with E-state index in [2.05, 4.69) is 41.3 Å². The molecule has 0 radical (unpaired) electrons. The molecule has 0 aliphatic heterocycles. The summed E-state index contributed by atoms with van der Waals surface area (Å²) in [5.41, 5.74) is 9.60. The Labute approximate surface area is 188 Å². The molecule has 0 bridgehead atoms. The van der Waals surface area contributed by atoms with E-state index >= 15 is 0 Å². The molecule has 9 N–H and O–H groups in total. The van der Waals surface area contributed by atoms with Crippen molar-refractivity contribution in [1.82, 2.24) is 36.0 Å². The van der Waals surface area contributed by atoms with Crippen LogP contribution >= 0.6 is 0 Å². The van der Waals surface area contributed by atoms with E-state index in [1.54, 1.807) is 24.3 Å². The van der Waals surface area contributed by atoms with Gasteiger partial charge in [0, 0.05) is 37.3 Å². The molecular weight excluding hydrogens is 428 g/mol. The van der Waals surface area contributed by atoms with Crippen molar-refractivity contribution in [3.05, 3.63) is 52.1 Å². The Balaban J connectivity index is 1.45. The molecule has 2 amide bonds. The number of hydrazine groups is 1. The summed E-state index contributed by atoms with van der Waals surface area (Å²) in [6, 6.07) is 6.90. The molecule has 0 fully saturated rings. The van der Waals surface area contributed by atoms with Gasteiger partial charge in [0.25, 0.3) is 11.5 Å². The number of carbonyl (C=O) groups excluding carboxylic acids is 2.